The van der Waals surface area contributed by atoms with Crippen molar-refractivity contribution in [2.75, 3.05) is 4.90 Å². The van der Waals surface area contributed by atoms with Gasteiger partial charge < -0.3 is 4.90 Å². The zero-order valence-corrected chi connectivity index (χ0v) is 34.2. The maximum absolute atomic E-state index is 2.69. The highest BCUT2D eigenvalue weighted by Crippen LogP contribution is 2.51. The molecule has 0 bridgehead atoms. The van der Waals surface area contributed by atoms with E-state index < -0.39 is 0 Å². The van der Waals surface area contributed by atoms with Crippen molar-refractivity contribution >= 4 is 71.7 Å². The van der Waals surface area contributed by atoms with Crippen molar-refractivity contribution < 1.29 is 0 Å². The van der Waals surface area contributed by atoms with E-state index in [1.165, 1.54) is 88.7 Å². The molecule has 1 aromatic heterocycles. The van der Waals surface area contributed by atoms with Crippen LogP contribution in [0.25, 0.3) is 20.2 Å². The van der Waals surface area contributed by atoms with Gasteiger partial charge in [-0.05, 0) is 109 Å². The highest BCUT2D eigenvalue weighted by Gasteiger charge is 2.49. The Morgan fingerprint density at radius 1 is 0.596 bits per heavy atom. The quantitative estimate of drug-likeness (QED) is 0.154. The SMILES string of the molecule is CC(C)(C)c1ccc(N2c3cc(C(C)(C)C)cc4c3B(c3cc5c(cc3C4(C)C)C(C)(C)CCC5(C)C)c3ccc4sc5ccccc5c4c32)cc1. The number of thiophene rings is 1. The zero-order valence-electron chi connectivity index (χ0n) is 33.4. The van der Waals surface area contributed by atoms with Crippen molar-refractivity contribution in [3.63, 3.8) is 0 Å². The Morgan fingerprint density at radius 2 is 1.23 bits per heavy atom. The summed E-state index contributed by atoms with van der Waals surface area (Å²) in [6.07, 6.45) is 2.44. The fourth-order valence-corrected chi connectivity index (χ4v) is 11.0. The maximum Gasteiger partial charge on any atom is 0.247 e. The third-order valence-electron chi connectivity index (χ3n) is 13.3. The average molecular weight is 700 g/mol. The van der Waals surface area contributed by atoms with Gasteiger partial charge in [0.05, 0.1) is 5.69 Å². The van der Waals surface area contributed by atoms with Gasteiger partial charge >= 0.3 is 0 Å². The van der Waals surface area contributed by atoms with E-state index in [9.17, 15) is 0 Å². The lowest BCUT2D eigenvalue weighted by molar-refractivity contribution is 0.331. The number of benzene rings is 5. The van der Waals surface area contributed by atoms with E-state index in [1.54, 1.807) is 11.1 Å². The van der Waals surface area contributed by atoms with E-state index in [0.717, 1.165) is 0 Å². The van der Waals surface area contributed by atoms with Gasteiger partial charge in [-0.2, -0.15) is 0 Å². The Morgan fingerprint density at radius 3 is 1.88 bits per heavy atom. The predicted molar refractivity (Wildman–Crippen MR) is 230 cm³/mol. The van der Waals surface area contributed by atoms with Crippen molar-refractivity contribution in [1.29, 1.82) is 0 Å². The molecule has 0 N–H and O–H groups in total. The van der Waals surface area contributed by atoms with Crippen LogP contribution in [0.4, 0.5) is 17.1 Å². The van der Waals surface area contributed by atoms with E-state index in [-0.39, 0.29) is 33.8 Å². The van der Waals surface area contributed by atoms with Gasteiger partial charge in [-0.15, -0.1) is 11.3 Å². The Balaban J connectivity index is 1.45. The fraction of sp³-hybridized carbons (Fsp3) is 0.388. The molecule has 0 atom stereocenters. The van der Waals surface area contributed by atoms with Crippen LogP contribution in [0.1, 0.15) is 129 Å². The summed E-state index contributed by atoms with van der Waals surface area (Å²) in [5.74, 6) is 0. The zero-order chi connectivity index (χ0) is 36.9. The summed E-state index contributed by atoms with van der Waals surface area (Å²) in [6.45, 7) is 29.2. The summed E-state index contributed by atoms with van der Waals surface area (Å²) in [4.78, 5) is 2.67. The van der Waals surface area contributed by atoms with Gasteiger partial charge in [0.15, 0.2) is 0 Å². The number of nitrogens with zero attached hydrogens (tertiary/aromatic N) is 1. The summed E-state index contributed by atoms with van der Waals surface area (Å²) < 4.78 is 2.71. The highest BCUT2D eigenvalue weighted by atomic mass is 32.1. The highest BCUT2D eigenvalue weighted by molar-refractivity contribution is 7.26. The molecule has 0 saturated heterocycles. The lowest BCUT2D eigenvalue weighted by Crippen LogP contribution is -2.64. The van der Waals surface area contributed by atoms with Crippen molar-refractivity contribution in [1.82, 2.24) is 0 Å². The molecule has 1 aliphatic carbocycles. The predicted octanol–water partition coefficient (Wildman–Crippen LogP) is 11.9. The molecule has 1 nitrogen and oxygen atoms in total. The Hall–Kier alpha value is -3.82. The van der Waals surface area contributed by atoms with Crippen LogP contribution in [-0.2, 0) is 27.1 Å². The molecule has 0 unspecified atom stereocenters. The first-order valence-electron chi connectivity index (χ1n) is 19.5. The largest absolute Gasteiger partial charge is 0.311 e. The van der Waals surface area contributed by atoms with E-state index in [0.29, 0.717) is 0 Å². The number of anilines is 3. The van der Waals surface area contributed by atoms with E-state index in [2.05, 4.69) is 173 Å². The van der Waals surface area contributed by atoms with Gasteiger partial charge in [-0.3, -0.25) is 0 Å². The van der Waals surface area contributed by atoms with Gasteiger partial charge in [0.25, 0.3) is 0 Å². The maximum atomic E-state index is 2.69. The van der Waals surface area contributed by atoms with Crippen LogP contribution >= 0.6 is 11.3 Å². The van der Waals surface area contributed by atoms with Crippen LogP contribution in [0.2, 0.25) is 0 Å². The summed E-state index contributed by atoms with van der Waals surface area (Å²) in [5.41, 5.74) is 17.4. The molecule has 5 aromatic carbocycles. The van der Waals surface area contributed by atoms with Crippen molar-refractivity contribution in [3.8, 4) is 0 Å². The number of rotatable bonds is 1. The molecule has 0 spiro atoms. The van der Waals surface area contributed by atoms with Gasteiger partial charge in [0.1, 0.15) is 0 Å². The third-order valence-corrected chi connectivity index (χ3v) is 14.4. The van der Waals surface area contributed by atoms with Crippen LogP contribution in [0, 0.1) is 0 Å². The first-order valence-corrected chi connectivity index (χ1v) is 20.3. The molecular formula is C49H54BNS. The molecule has 9 rings (SSSR count). The second-order valence-corrected chi connectivity index (χ2v) is 21.2. The molecule has 0 radical (unpaired) electrons. The number of fused-ring (bicyclic) bond motifs is 9. The van der Waals surface area contributed by atoms with Gasteiger partial charge in [0.2, 0.25) is 6.71 Å². The second-order valence-electron chi connectivity index (χ2n) is 20.1. The third kappa shape index (κ3) is 4.73. The molecular weight excluding hydrogens is 645 g/mol. The molecule has 2 aliphatic heterocycles. The second kappa shape index (κ2) is 10.7. The average Bonchev–Trinajstić information content (AvgIpc) is 3.46. The molecule has 3 heterocycles. The summed E-state index contributed by atoms with van der Waals surface area (Å²) in [5, 5.41) is 2.74. The molecule has 0 saturated carbocycles. The van der Waals surface area contributed by atoms with Crippen molar-refractivity contribution in [2.45, 2.75) is 123 Å². The topological polar surface area (TPSA) is 3.24 Å². The van der Waals surface area contributed by atoms with Gasteiger partial charge in [-0.1, -0.05) is 143 Å². The van der Waals surface area contributed by atoms with E-state index in [4.69, 9.17) is 0 Å². The lowest BCUT2D eigenvalue weighted by Gasteiger charge is -2.49. The van der Waals surface area contributed by atoms with E-state index >= 15 is 0 Å². The first-order chi connectivity index (χ1) is 24.3. The molecule has 52 heavy (non-hydrogen) atoms. The number of hydrogen-bond donors (Lipinski definition) is 0. The molecule has 264 valence electrons. The minimum absolute atomic E-state index is 0.0115. The summed E-state index contributed by atoms with van der Waals surface area (Å²) in [6, 6.07) is 34.0. The first kappa shape index (κ1) is 34.0. The summed E-state index contributed by atoms with van der Waals surface area (Å²) >= 11 is 1.93. The Labute approximate surface area is 316 Å². The van der Waals surface area contributed by atoms with Crippen LogP contribution in [0.15, 0.2) is 84.9 Å². The Kier molecular flexibility index (Phi) is 6.96. The van der Waals surface area contributed by atoms with Crippen molar-refractivity contribution in [2.24, 2.45) is 0 Å². The lowest BCUT2D eigenvalue weighted by atomic mass is 9.29. The van der Waals surface area contributed by atoms with Crippen LogP contribution in [0.3, 0.4) is 0 Å². The molecule has 0 amide bonds. The van der Waals surface area contributed by atoms with Gasteiger partial charge in [0, 0.05) is 37.0 Å². The minimum Gasteiger partial charge on any atom is -0.311 e. The van der Waals surface area contributed by atoms with Gasteiger partial charge in [-0.25, -0.2) is 0 Å². The van der Waals surface area contributed by atoms with E-state index in [1.807, 2.05) is 11.3 Å². The molecule has 3 aliphatic rings. The van der Waals surface area contributed by atoms with Crippen LogP contribution in [0.5, 0.6) is 0 Å². The smallest absolute Gasteiger partial charge is 0.247 e. The van der Waals surface area contributed by atoms with Crippen LogP contribution < -0.4 is 21.3 Å². The molecule has 0 fully saturated rings. The summed E-state index contributed by atoms with van der Waals surface area (Å²) in [7, 11) is 0. The minimum atomic E-state index is -0.164. The molecule has 6 aromatic rings. The number of hydrogen-bond acceptors (Lipinski definition) is 2. The normalized spacial score (nSPS) is 18.2. The van der Waals surface area contributed by atoms with Crippen LogP contribution in [-0.4, -0.2) is 6.71 Å². The monoisotopic (exact) mass is 699 g/mol. The molecule has 3 heteroatoms. The Bertz CT molecular complexity index is 2460. The van der Waals surface area contributed by atoms with Crippen molar-refractivity contribution in [3.05, 3.63) is 118 Å². The standard InChI is InChI=1S/C49H54BNS/c1-45(2,3)29-17-19-31(20-18-29)51-39-26-30(46(4,5)6)25-36-43(39)50(37-21-22-41-42(44(37)51)32-15-13-14-16-40(32)52-41)38-28-34-33(27-35(38)49(36,11)12)47(7,8)23-24-48(34,9)10/h13-22,25-28H,23-24H2,1-12H3. The fourth-order valence-electron chi connectivity index (χ4n) is 9.90.